The smallest absolute Gasteiger partial charge is 0.258 e. The molecule has 5 rings (SSSR count). The lowest BCUT2D eigenvalue weighted by Gasteiger charge is -2.38. The first-order chi connectivity index (χ1) is 17.0. The maximum Gasteiger partial charge on any atom is 0.258 e. The summed E-state index contributed by atoms with van der Waals surface area (Å²) in [5.41, 5.74) is 0.371. The van der Waals surface area contributed by atoms with Gasteiger partial charge in [-0.25, -0.2) is 23.4 Å². The van der Waals surface area contributed by atoms with E-state index in [9.17, 15) is 13.6 Å². The van der Waals surface area contributed by atoms with Crippen molar-refractivity contribution in [2.75, 3.05) is 49.8 Å². The van der Waals surface area contributed by atoms with Gasteiger partial charge in [0, 0.05) is 32.8 Å². The number of methoxy groups -OCH3 is 1. The van der Waals surface area contributed by atoms with Crippen LogP contribution in [-0.2, 0) is 16.1 Å². The van der Waals surface area contributed by atoms with E-state index in [1.54, 1.807) is 24.3 Å². The lowest BCUT2D eigenvalue weighted by molar-refractivity contribution is -0.126. The van der Waals surface area contributed by atoms with Crippen molar-refractivity contribution in [2.24, 2.45) is 5.41 Å². The molecular formula is C23H27F2N7O3. The van der Waals surface area contributed by atoms with Gasteiger partial charge in [0.05, 0.1) is 24.4 Å². The van der Waals surface area contributed by atoms with Crippen molar-refractivity contribution in [3.63, 3.8) is 0 Å². The second-order valence-corrected chi connectivity index (χ2v) is 8.80. The van der Waals surface area contributed by atoms with Crippen LogP contribution in [0.4, 0.5) is 20.4 Å². The molecule has 35 heavy (non-hydrogen) atoms. The molecule has 186 valence electrons. The van der Waals surface area contributed by atoms with E-state index in [2.05, 4.69) is 25.0 Å². The summed E-state index contributed by atoms with van der Waals surface area (Å²) >= 11 is 0. The van der Waals surface area contributed by atoms with Crippen molar-refractivity contribution < 1.29 is 23.0 Å². The number of hydrogen-bond acceptors (Lipinski definition) is 8. The number of carbonyl (C=O) groups excluding carboxylic acids is 1. The minimum absolute atomic E-state index is 0.0789. The van der Waals surface area contributed by atoms with Crippen LogP contribution in [0.2, 0.25) is 0 Å². The lowest BCUT2D eigenvalue weighted by atomic mass is 9.77. The SMILES string of the molecule is COCCOc1cccc(N2CCC3(CCN(c4cnc5cnn(CC(F)F)c5n4)CC3)C2=O)n1. The van der Waals surface area contributed by atoms with E-state index in [4.69, 9.17) is 9.47 Å². The molecule has 5 heterocycles. The van der Waals surface area contributed by atoms with Crippen LogP contribution >= 0.6 is 0 Å². The predicted octanol–water partition coefficient (Wildman–Crippen LogP) is 2.54. The molecule has 2 saturated heterocycles. The average Bonchev–Trinajstić information content (AvgIpc) is 3.40. The Morgan fingerprint density at radius 3 is 2.63 bits per heavy atom. The van der Waals surface area contributed by atoms with E-state index in [0.29, 0.717) is 74.4 Å². The predicted molar refractivity (Wildman–Crippen MR) is 124 cm³/mol. The van der Waals surface area contributed by atoms with Crippen LogP contribution in [0.3, 0.4) is 0 Å². The number of hydrogen-bond donors (Lipinski definition) is 0. The molecule has 1 spiro atoms. The monoisotopic (exact) mass is 487 g/mol. The first kappa shape index (κ1) is 23.3. The molecule has 3 aromatic rings. The van der Waals surface area contributed by atoms with Crippen LogP contribution in [0.25, 0.3) is 11.2 Å². The fourth-order valence-electron chi connectivity index (χ4n) is 4.79. The van der Waals surface area contributed by atoms with Crippen LogP contribution in [0.15, 0.2) is 30.6 Å². The number of piperidine rings is 1. The summed E-state index contributed by atoms with van der Waals surface area (Å²) in [6, 6.07) is 5.42. The third-order valence-corrected chi connectivity index (χ3v) is 6.72. The number of carbonyl (C=O) groups is 1. The summed E-state index contributed by atoms with van der Waals surface area (Å²) < 4.78 is 37.5. The molecule has 0 saturated carbocycles. The van der Waals surface area contributed by atoms with Crippen LogP contribution in [0.5, 0.6) is 5.88 Å². The highest BCUT2D eigenvalue weighted by molar-refractivity contribution is 5.99. The van der Waals surface area contributed by atoms with E-state index >= 15 is 0 Å². The zero-order chi connectivity index (χ0) is 24.4. The van der Waals surface area contributed by atoms with E-state index in [0.717, 1.165) is 6.42 Å². The molecule has 0 aromatic carbocycles. The van der Waals surface area contributed by atoms with Crippen LogP contribution in [0, 0.1) is 5.41 Å². The van der Waals surface area contributed by atoms with Gasteiger partial charge in [-0.05, 0) is 25.3 Å². The van der Waals surface area contributed by atoms with E-state index in [-0.39, 0.29) is 5.91 Å². The van der Waals surface area contributed by atoms with Crippen molar-refractivity contribution in [3.05, 3.63) is 30.6 Å². The van der Waals surface area contributed by atoms with Crippen LogP contribution in [-0.4, -0.2) is 77.0 Å². The van der Waals surface area contributed by atoms with Gasteiger partial charge in [-0.15, -0.1) is 0 Å². The Morgan fingerprint density at radius 1 is 1.06 bits per heavy atom. The highest BCUT2D eigenvalue weighted by atomic mass is 19.3. The van der Waals surface area contributed by atoms with E-state index < -0.39 is 18.4 Å². The number of pyridine rings is 1. The first-order valence-corrected chi connectivity index (χ1v) is 11.6. The second-order valence-electron chi connectivity index (χ2n) is 8.80. The van der Waals surface area contributed by atoms with Crippen molar-refractivity contribution in [3.8, 4) is 5.88 Å². The normalized spacial score (nSPS) is 17.8. The van der Waals surface area contributed by atoms with Gasteiger partial charge >= 0.3 is 0 Å². The van der Waals surface area contributed by atoms with Gasteiger partial charge in [0.15, 0.2) is 5.65 Å². The highest BCUT2D eigenvalue weighted by Crippen LogP contribution is 2.43. The van der Waals surface area contributed by atoms with Crippen molar-refractivity contribution >= 4 is 28.7 Å². The van der Waals surface area contributed by atoms with Crippen molar-refractivity contribution in [1.82, 2.24) is 24.7 Å². The topological polar surface area (TPSA) is 98.5 Å². The fourth-order valence-corrected chi connectivity index (χ4v) is 4.79. The third-order valence-electron chi connectivity index (χ3n) is 6.72. The van der Waals surface area contributed by atoms with Gasteiger partial charge in [0.2, 0.25) is 11.8 Å². The van der Waals surface area contributed by atoms with Crippen molar-refractivity contribution in [2.45, 2.75) is 32.2 Å². The van der Waals surface area contributed by atoms with Gasteiger partial charge in [0.25, 0.3) is 6.43 Å². The van der Waals surface area contributed by atoms with Gasteiger partial charge < -0.3 is 14.4 Å². The Balaban J connectivity index is 1.26. The minimum Gasteiger partial charge on any atom is -0.475 e. The number of rotatable bonds is 8. The highest BCUT2D eigenvalue weighted by Gasteiger charge is 2.49. The van der Waals surface area contributed by atoms with E-state index in [1.807, 2.05) is 12.1 Å². The number of nitrogens with zero attached hydrogens (tertiary/aromatic N) is 7. The maximum atomic E-state index is 13.5. The summed E-state index contributed by atoms with van der Waals surface area (Å²) in [7, 11) is 1.61. The molecule has 12 heteroatoms. The summed E-state index contributed by atoms with van der Waals surface area (Å²) in [4.78, 5) is 30.7. The fraction of sp³-hybridized carbons (Fsp3) is 0.522. The molecule has 2 fully saturated rings. The molecule has 2 aliphatic heterocycles. The van der Waals surface area contributed by atoms with Crippen molar-refractivity contribution in [1.29, 1.82) is 0 Å². The Labute approximate surface area is 200 Å². The summed E-state index contributed by atoms with van der Waals surface area (Å²) in [5, 5.41) is 3.98. The number of halogens is 2. The quantitative estimate of drug-likeness (QED) is 0.447. The Hall–Kier alpha value is -3.41. The number of aromatic nitrogens is 5. The van der Waals surface area contributed by atoms with Crippen LogP contribution < -0.4 is 14.5 Å². The first-order valence-electron chi connectivity index (χ1n) is 11.6. The summed E-state index contributed by atoms with van der Waals surface area (Å²) in [6.45, 7) is 2.17. The Morgan fingerprint density at radius 2 is 1.86 bits per heavy atom. The van der Waals surface area contributed by atoms with E-state index in [1.165, 1.54) is 10.9 Å². The summed E-state index contributed by atoms with van der Waals surface area (Å²) in [5.74, 6) is 1.74. The Kier molecular flexibility index (Phi) is 6.46. The number of amides is 1. The third kappa shape index (κ3) is 4.62. The lowest BCUT2D eigenvalue weighted by Crippen LogP contribution is -2.45. The molecule has 3 aromatic heterocycles. The zero-order valence-electron chi connectivity index (χ0n) is 19.4. The molecule has 0 unspecified atom stereocenters. The minimum atomic E-state index is -2.53. The Bertz CT molecular complexity index is 1200. The number of alkyl halides is 2. The van der Waals surface area contributed by atoms with Gasteiger partial charge in [0.1, 0.15) is 30.3 Å². The van der Waals surface area contributed by atoms with Gasteiger partial charge in [-0.2, -0.15) is 10.1 Å². The molecule has 0 N–H and O–H groups in total. The molecule has 0 bridgehead atoms. The number of anilines is 2. The van der Waals surface area contributed by atoms with Gasteiger partial charge in [-0.3, -0.25) is 9.69 Å². The molecular weight excluding hydrogens is 460 g/mol. The molecule has 0 radical (unpaired) electrons. The van der Waals surface area contributed by atoms with Crippen LogP contribution in [0.1, 0.15) is 19.3 Å². The molecule has 10 nitrogen and oxygen atoms in total. The molecule has 0 atom stereocenters. The molecule has 1 amide bonds. The second kappa shape index (κ2) is 9.68. The molecule has 0 aliphatic carbocycles. The number of ether oxygens (including phenoxy) is 2. The molecule has 2 aliphatic rings. The maximum absolute atomic E-state index is 13.5. The largest absolute Gasteiger partial charge is 0.475 e. The van der Waals surface area contributed by atoms with Gasteiger partial charge in [-0.1, -0.05) is 6.07 Å². The standard InChI is InChI=1S/C23H27F2N7O3/c1-34-11-12-35-20-4-2-3-18(28-20)31-10-7-23(22(31)33)5-8-30(9-6-23)19-14-26-16-13-27-32(15-17(24)25)21(16)29-19/h2-4,13-14,17H,5-12,15H2,1H3. The number of fused-ring (bicyclic) bond motifs is 1. The average molecular weight is 488 g/mol. The summed E-state index contributed by atoms with van der Waals surface area (Å²) in [6.07, 6.45) is 2.64. The zero-order valence-corrected chi connectivity index (χ0v) is 19.4.